The third-order valence-corrected chi connectivity index (χ3v) is 2.05. The van der Waals surface area contributed by atoms with Gasteiger partial charge in [0.1, 0.15) is 0 Å². The van der Waals surface area contributed by atoms with E-state index < -0.39 is 0 Å². The predicted molar refractivity (Wildman–Crippen MR) is 53.5 cm³/mol. The molecule has 0 bridgehead atoms. The number of rotatable bonds is 5. The zero-order valence-corrected chi connectivity index (χ0v) is 9.33. The summed E-state index contributed by atoms with van der Waals surface area (Å²) in [5, 5.41) is 8.77. The van der Waals surface area contributed by atoms with E-state index in [-0.39, 0.29) is 17.9 Å². The van der Waals surface area contributed by atoms with Gasteiger partial charge < -0.3 is 4.74 Å². The van der Waals surface area contributed by atoms with Crippen LogP contribution in [0.5, 0.6) is 0 Å². The molecule has 0 N–H and O–H groups in total. The van der Waals surface area contributed by atoms with Crippen LogP contribution in [0.4, 0.5) is 0 Å². The smallest absolute Gasteiger partial charge is 0.319 e. The lowest BCUT2D eigenvalue weighted by Gasteiger charge is -2.20. The molecule has 0 aliphatic carbocycles. The standard InChI is InChI=1S/C10H18N2O2/c1-10(2,8-11)5-6-12(3)7-9(13)14-4/h5-7H2,1-4H3. The van der Waals surface area contributed by atoms with Gasteiger partial charge >= 0.3 is 5.97 Å². The van der Waals surface area contributed by atoms with Gasteiger partial charge in [-0.05, 0) is 33.9 Å². The molecule has 0 amide bonds. The van der Waals surface area contributed by atoms with Crippen LogP contribution < -0.4 is 0 Å². The van der Waals surface area contributed by atoms with E-state index >= 15 is 0 Å². The van der Waals surface area contributed by atoms with Crippen LogP contribution in [0.1, 0.15) is 20.3 Å². The molecule has 0 radical (unpaired) electrons. The molecule has 80 valence electrons. The Morgan fingerprint density at radius 2 is 2.14 bits per heavy atom. The maximum atomic E-state index is 10.9. The molecule has 4 nitrogen and oxygen atoms in total. The van der Waals surface area contributed by atoms with Gasteiger partial charge in [-0.15, -0.1) is 0 Å². The molecule has 0 spiro atoms. The Kier molecular flexibility index (Phi) is 5.18. The van der Waals surface area contributed by atoms with Crippen molar-refractivity contribution in [2.24, 2.45) is 5.41 Å². The van der Waals surface area contributed by atoms with Gasteiger partial charge in [0.25, 0.3) is 0 Å². The number of methoxy groups -OCH3 is 1. The summed E-state index contributed by atoms with van der Waals surface area (Å²) in [7, 11) is 3.21. The van der Waals surface area contributed by atoms with Crippen LogP contribution in [-0.2, 0) is 9.53 Å². The van der Waals surface area contributed by atoms with Crippen LogP contribution in [-0.4, -0.2) is 38.1 Å². The first-order valence-corrected chi connectivity index (χ1v) is 4.58. The van der Waals surface area contributed by atoms with Gasteiger partial charge in [-0.3, -0.25) is 9.69 Å². The van der Waals surface area contributed by atoms with Crippen molar-refractivity contribution < 1.29 is 9.53 Å². The monoisotopic (exact) mass is 198 g/mol. The summed E-state index contributed by atoms with van der Waals surface area (Å²) < 4.78 is 4.53. The topological polar surface area (TPSA) is 53.3 Å². The molecule has 0 saturated carbocycles. The molecule has 0 rings (SSSR count). The van der Waals surface area contributed by atoms with Crippen LogP contribution in [0.25, 0.3) is 0 Å². The first kappa shape index (κ1) is 12.9. The summed E-state index contributed by atoms with van der Waals surface area (Å²) in [6, 6.07) is 2.22. The number of hydrogen-bond acceptors (Lipinski definition) is 4. The van der Waals surface area contributed by atoms with Crippen LogP contribution in [0, 0.1) is 16.7 Å². The van der Waals surface area contributed by atoms with Crippen molar-refractivity contribution in [1.82, 2.24) is 4.90 Å². The second-order valence-electron chi connectivity index (χ2n) is 4.06. The van der Waals surface area contributed by atoms with E-state index in [4.69, 9.17) is 5.26 Å². The minimum atomic E-state index is -0.329. The maximum Gasteiger partial charge on any atom is 0.319 e. The van der Waals surface area contributed by atoms with Crippen molar-refractivity contribution in [2.45, 2.75) is 20.3 Å². The van der Waals surface area contributed by atoms with E-state index in [0.29, 0.717) is 0 Å². The summed E-state index contributed by atoms with van der Waals surface area (Å²) in [6.07, 6.45) is 0.747. The summed E-state index contributed by atoms with van der Waals surface area (Å²) in [4.78, 5) is 12.7. The molecule has 0 saturated heterocycles. The van der Waals surface area contributed by atoms with Crippen molar-refractivity contribution in [3.63, 3.8) is 0 Å². The van der Waals surface area contributed by atoms with Crippen LogP contribution >= 0.6 is 0 Å². The summed E-state index contributed by atoms with van der Waals surface area (Å²) in [5.41, 5.74) is -0.329. The molecule has 0 aliphatic heterocycles. The van der Waals surface area contributed by atoms with Gasteiger partial charge in [0.15, 0.2) is 0 Å². The normalized spacial score (nSPS) is 11.1. The molecule has 0 aromatic heterocycles. The molecule has 0 heterocycles. The van der Waals surface area contributed by atoms with E-state index in [1.165, 1.54) is 7.11 Å². The minimum absolute atomic E-state index is 0.248. The molecule has 0 fully saturated rings. The quantitative estimate of drug-likeness (QED) is 0.619. The average Bonchev–Trinajstić information content (AvgIpc) is 2.15. The number of carbonyl (C=O) groups excluding carboxylic acids is 1. The highest BCUT2D eigenvalue weighted by Crippen LogP contribution is 2.18. The van der Waals surface area contributed by atoms with E-state index in [9.17, 15) is 4.79 Å². The molecular weight excluding hydrogens is 180 g/mol. The van der Waals surface area contributed by atoms with Gasteiger partial charge in [-0.25, -0.2) is 0 Å². The molecule has 0 aliphatic rings. The number of hydrogen-bond donors (Lipinski definition) is 0. The summed E-state index contributed by atoms with van der Waals surface area (Å²) in [6.45, 7) is 4.77. The first-order chi connectivity index (χ1) is 6.41. The third-order valence-electron chi connectivity index (χ3n) is 2.05. The average molecular weight is 198 g/mol. The van der Waals surface area contributed by atoms with Crippen LogP contribution in [0.2, 0.25) is 0 Å². The Hall–Kier alpha value is -1.08. The molecule has 14 heavy (non-hydrogen) atoms. The van der Waals surface area contributed by atoms with Crippen molar-refractivity contribution >= 4 is 5.97 Å². The Balaban J connectivity index is 3.81. The Labute approximate surface area is 85.5 Å². The van der Waals surface area contributed by atoms with Crippen molar-refractivity contribution in [2.75, 3.05) is 27.2 Å². The minimum Gasteiger partial charge on any atom is -0.468 e. The highest BCUT2D eigenvalue weighted by molar-refractivity contribution is 5.71. The van der Waals surface area contributed by atoms with E-state index in [2.05, 4.69) is 10.8 Å². The van der Waals surface area contributed by atoms with Crippen LogP contribution in [0.3, 0.4) is 0 Å². The fraction of sp³-hybridized carbons (Fsp3) is 0.800. The number of nitrogens with zero attached hydrogens (tertiary/aromatic N) is 2. The fourth-order valence-corrected chi connectivity index (χ4v) is 0.890. The zero-order valence-electron chi connectivity index (χ0n) is 9.33. The summed E-state index contributed by atoms with van der Waals surface area (Å²) >= 11 is 0. The first-order valence-electron chi connectivity index (χ1n) is 4.58. The number of esters is 1. The van der Waals surface area contributed by atoms with Gasteiger partial charge in [0.05, 0.1) is 25.1 Å². The SMILES string of the molecule is COC(=O)CN(C)CCC(C)(C)C#N. The molecule has 0 atom stereocenters. The van der Waals surface area contributed by atoms with E-state index in [0.717, 1.165) is 13.0 Å². The van der Waals surface area contributed by atoms with Crippen molar-refractivity contribution in [3.8, 4) is 6.07 Å². The van der Waals surface area contributed by atoms with E-state index in [1.54, 1.807) is 0 Å². The highest BCUT2D eigenvalue weighted by Gasteiger charge is 2.17. The lowest BCUT2D eigenvalue weighted by molar-refractivity contribution is -0.141. The van der Waals surface area contributed by atoms with E-state index in [1.807, 2.05) is 25.8 Å². The number of nitriles is 1. The zero-order chi connectivity index (χ0) is 11.2. The second-order valence-corrected chi connectivity index (χ2v) is 4.06. The molecule has 4 heteroatoms. The largest absolute Gasteiger partial charge is 0.468 e. The molecule has 0 unspecified atom stereocenters. The number of likely N-dealkylation sites (N-methyl/N-ethyl adjacent to an activating group) is 1. The van der Waals surface area contributed by atoms with Gasteiger partial charge in [0.2, 0.25) is 0 Å². The maximum absolute atomic E-state index is 10.9. The Morgan fingerprint density at radius 1 is 1.57 bits per heavy atom. The Morgan fingerprint density at radius 3 is 2.57 bits per heavy atom. The number of carbonyl (C=O) groups is 1. The van der Waals surface area contributed by atoms with Gasteiger partial charge in [-0.1, -0.05) is 0 Å². The third kappa shape index (κ3) is 5.55. The highest BCUT2D eigenvalue weighted by atomic mass is 16.5. The predicted octanol–water partition coefficient (Wildman–Crippen LogP) is 1.03. The number of ether oxygens (including phenoxy) is 1. The molecular formula is C10H18N2O2. The second kappa shape index (κ2) is 5.61. The lowest BCUT2D eigenvalue weighted by atomic mass is 9.91. The van der Waals surface area contributed by atoms with Gasteiger partial charge in [-0.2, -0.15) is 5.26 Å². The molecule has 0 aromatic rings. The van der Waals surface area contributed by atoms with Crippen molar-refractivity contribution in [1.29, 1.82) is 5.26 Å². The molecule has 0 aromatic carbocycles. The van der Waals surface area contributed by atoms with Gasteiger partial charge in [0, 0.05) is 0 Å². The van der Waals surface area contributed by atoms with Crippen LogP contribution in [0.15, 0.2) is 0 Å². The lowest BCUT2D eigenvalue weighted by Crippen LogP contribution is -2.30. The van der Waals surface area contributed by atoms with Crippen molar-refractivity contribution in [3.05, 3.63) is 0 Å². The fourth-order valence-electron chi connectivity index (χ4n) is 0.890. The Bertz CT molecular complexity index is 231. The summed E-state index contributed by atoms with van der Waals surface area (Å²) in [5.74, 6) is -0.248.